The van der Waals surface area contributed by atoms with Crippen LogP contribution in [0.2, 0.25) is 0 Å². The van der Waals surface area contributed by atoms with E-state index in [1.807, 2.05) is 19.1 Å². The molecule has 0 aliphatic heterocycles. The highest BCUT2D eigenvalue weighted by Crippen LogP contribution is 2.24. The van der Waals surface area contributed by atoms with Gasteiger partial charge in [-0.1, -0.05) is 37.3 Å². The molecule has 0 aliphatic carbocycles. The van der Waals surface area contributed by atoms with Crippen LogP contribution in [0.4, 0.5) is 11.4 Å². The van der Waals surface area contributed by atoms with Gasteiger partial charge in [-0.05, 0) is 30.2 Å². The number of sulfonamides is 1. The standard InChI is InChI=1S/C14H17N3O2S/c1-2-11-7-3-4-8-12(11)17-20(18,19)14-10-6-5-9-13(14)16-15/h3-10,16-17H,2,15H2,1H3. The largest absolute Gasteiger partial charge is 0.323 e. The molecule has 2 rings (SSSR count). The van der Waals surface area contributed by atoms with Crippen LogP contribution < -0.4 is 16.0 Å². The number of nitrogens with one attached hydrogen (secondary N) is 2. The van der Waals surface area contributed by atoms with E-state index in [2.05, 4.69) is 10.1 Å². The van der Waals surface area contributed by atoms with Gasteiger partial charge in [-0.3, -0.25) is 10.6 Å². The second-order valence-corrected chi connectivity index (χ2v) is 5.91. The van der Waals surface area contributed by atoms with Crippen LogP contribution in [-0.4, -0.2) is 8.42 Å². The molecular weight excluding hydrogens is 274 g/mol. The van der Waals surface area contributed by atoms with E-state index in [0.29, 0.717) is 11.4 Å². The van der Waals surface area contributed by atoms with Gasteiger partial charge in [0.2, 0.25) is 0 Å². The lowest BCUT2D eigenvalue weighted by molar-refractivity contribution is 0.601. The first-order valence-corrected chi connectivity index (χ1v) is 7.73. The first-order valence-electron chi connectivity index (χ1n) is 6.25. The first kappa shape index (κ1) is 14.4. The van der Waals surface area contributed by atoms with Crippen molar-refractivity contribution in [2.24, 2.45) is 5.84 Å². The second kappa shape index (κ2) is 5.94. The summed E-state index contributed by atoms with van der Waals surface area (Å²) in [6.07, 6.45) is 0.746. The molecule has 2 aromatic carbocycles. The van der Waals surface area contributed by atoms with E-state index in [9.17, 15) is 8.42 Å². The van der Waals surface area contributed by atoms with Crippen molar-refractivity contribution in [1.29, 1.82) is 0 Å². The minimum atomic E-state index is -3.68. The molecule has 0 amide bonds. The molecule has 0 radical (unpaired) electrons. The van der Waals surface area contributed by atoms with Gasteiger partial charge in [0.05, 0.1) is 11.4 Å². The number of hydrogen-bond donors (Lipinski definition) is 3. The van der Waals surface area contributed by atoms with Gasteiger partial charge < -0.3 is 5.43 Å². The Balaban J connectivity index is 2.41. The molecule has 0 saturated heterocycles. The highest BCUT2D eigenvalue weighted by Gasteiger charge is 2.18. The maximum atomic E-state index is 12.4. The van der Waals surface area contributed by atoms with Gasteiger partial charge >= 0.3 is 0 Å². The average Bonchev–Trinajstić information content (AvgIpc) is 2.47. The SMILES string of the molecule is CCc1ccccc1NS(=O)(=O)c1ccccc1NN. The lowest BCUT2D eigenvalue weighted by Crippen LogP contribution is -2.18. The summed E-state index contributed by atoms with van der Waals surface area (Å²) in [6, 6.07) is 13.8. The molecule has 6 heteroatoms. The monoisotopic (exact) mass is 291 g/mol. The molecule has 0 bridgehead atoms. The van der Waals surface area contributed by atoms with E-state index in [1.54, 1.807) is 30.3 Å². The van der Waals surface area contributed by atoms with Gasteiger partial charge in [-0.15, -0.1) is 0 Å². The van der Waals surface area contributed by atoms with Gasteiger partial charge in [0.15, 0.2) is 0 Å². The smallest absolute Gasteiger partial charge is 0.264 e. The van der Waals surface area contributed by atoms with Crippen LogP contribution >= 0.6 is 0 Å². The summed E-state index contributed by atoms with van der Waals surface area (Å²) in [6.45, 7) is 1.97. The third kappa shape index (κ3) is 2.92. The van der Waals surface area contributed by atoms with Gasteiger partial charge in [-0.25, -0.2) is 8.42 Å². The zero-order chi connectivity index (χ0) is 14.6. The summed E-state index contributed by atoms with van der Waals surface area (Å²) in [4.78, 5) is 0.119. The van der Waals surface area contributed by atoms with Crippen LogP contribution in [0.3, 0.4) is 0 Å². The Kier molecular flexibility index (Phi) is 4.26. The van der Waals surface area contributed by atoms with Crippen molar-refractivity contribution in [3.05, 3.63) is 54.1 Å². The molecule has 0 fully saturated rings. The van der Waals surface area contributed by atoms with Crippen molar-refractivity contribution < 1.29 is 8.42 Å². The average molecular weight is 291 g/mol. The Morgan fingerprint density at radius 3 is 2.25 bits per heavy atom. The highest BCUT2D eigenvalue weighted by molar-refractivity contribution is 7.92. The van der Waals surface area contributed by atoms with Gasteiger partial charge in [0, 0.05) is 0 Å². The molecule has 0 heterocycles. The number of hydrazine groups is 1. The lowest BCUT2D eigenvalue weighted by atomic mass is 10.1. The number of rotatable bonds is 5. The zero-order valence-electron chi connectivity index (χ0n) is 11.1. The van der Waals surface area contributed by atoms with E-state index >= 15 is 0 Å². The van der Waals surface area contributed by atoms with E-state index < -0.39 is 10.0 Å². The molecule has 0 aliphatic rings. The summed E-state index contributed by atoms with van der Waals surface area (Å²) in [5.41, 5.74) is 4.28. The molecule has 20 heavy (non-hydrogen) atoms. The minimum absolute atomic E-state index is 0.119. The molecular formula is C14H17N3O2S. The molecule has 5 nitrogen and oxygen atoms in total. The Hall–Kier alpha value is -2.05. The molecule has 0 aromatic heterocycles. The fourth-order valence-electron chi connectivity index (χ4n) is 1.95. The van der Waals surface area contributed by atoms with Crippen LogP contribution in [-0.2, 0) is 16.4 Å². The predicted molar refractivity (Wildman–Crippen MR) is 80.9 cm³/mol. The van der Waals surface area contributed by atoms with Crippen molar-refractivity contribution in [3.63, 3.8) is 0 Å². The van der Waals surface area contributed by atoms with Crippen LogP contribution in [0.15, 0.2) is 53.4 Å². The Bertz CT molecular complexity index is 699. The summed E-state index contributed by atoms with van der Waals surface area (Å²) >= 11 is 0. The molecule has 0 unspecified atom stereocenters. The number of anilines is 2. The van der Waals surface area contributed by atoms with Gasteiger partial charge in [-0.2, -0.15) is 0 Å². The lowest BCUT2D eigenvalue weighted by Gasteiger charge is -2.13. The van der Waals surface area contributed by atoms with Crippen molar-refractivity contribution in [1.82, 2.24) is 0 Å². The van der Waals surface area contributed by atoms with E-state index in [-0.39, 0.29) is 4.90 Å². The quantitative estimate of drug-likeness (QED) is 0.583. The summed E-state index contributed by atoms with van der Waals surface area (Å²) in [5, 5.41) is 0. The number of nitrogens with two attached hydrogens (primary N) is 1. The summed E-state index contributed by atoms with van der Waals surface area (Å²) < 4.78 is 27.5. The number of hydrogen-bond acceptors (Lipinski definition) is 4. The summed E-state index contributed by atoms with van der Waals surface area (Å²) in [5.74, 6) is 5.35. The first-order chi connectivity index (χ1) is 9.58. The molecule has 0 atom stereocenters. The van der Waals surface area contributed by atoms with Gasteiger partial charge in [0.25, 0.3) is 10.0 Å². The predicted octanol–water partition coefficient (Wildman–Crippen LogP) is 2.34. The number of aryl methyl sites for hydroxylation is 1. The minimum Gasteiger partial charge on any atom is -0.323 e. The van der Waals surface area contributed by atoms with Crippen molar-refractivity contribution in [2.75, 3.05) is 10.1 Å². The third-order valence-corrected chi connectivity index (χ3v) is 4.40. The normalized spacial score (nSPS) is 11.1. The van der Waals surface area contributed by atoms with E-state index in [0.717, 1.165) is 12.0 Å². The highest BCUT2D eigenvalue weighted by atomic mass is 32.2. The third-order valence-electron chi connectivity index (χ3n) is 2.97. The maximum Gasteiger partial charge on any atom is 0.264 e. The Labute approximate surface area is 118 Å². The number of benzene rings is 2. The fourth-order valence-corrected chi connectivity index (χ4v) is 3.22. The van der Waals surface area contributed by atoms with E-state index in [4.69, 9.17) is 5.84 Å². The Morgan fingerprint density at radius 2 is 1.60 bits per heavy atom. The number of nitrogen functional groups attached to an aromatic ring is 1. The topological polar surface area (TPSA) is 84.2 Å². The van der Waals surface area contributed by atoms with Crippen molar-refractivity contribution in [2.45, 2.75) is 18.2 Å². The second-order valence-electron chi connectivity index (χ2n) is 4.26. The fraction of sp³-hybridized carbons (Fsp3) is 0.143. The summed E-state index contributed by atoms with van der Waals surface area (Å²) in [7, 11) is -3.68. The number of para-hydroxylation sites is 2. The molecule has 0 spiro atoms. The van der Waals surface area contributed by atoms with Gasteiger partial charge in [0.1, 0.15) is 4.90 Å². The molecule has 106 valence electrons. The van der Waals surface area contributed by atoms with Crippen LogP contribution in [0.1, 0.15) is 12.5 Å². The van der Waals surface area contributed by atoms with Crippen molar-refractivity contribution >= 4 is 21.4 Å². The van der Waals surface area contributed by atoms with Crippen molar-refractivity contribution in [3.8, 4) is 0 Å². The zero-order valence-corrected chi connectivity index (χ0v) is 11.9. The van der Waals surface area contributed by atoms with E-state index in [1.165, 1.54) is 6.07 Å². The van der Waals surface area contributed by atoms with Crippen LogP contribution in [0, 0.1) is 0 Å². The molecule has 4 N–H and O–H groups in total. The Morgan fingerprint density at radius 1 is 1.00 bits per heavy atom. The molecule has 0 saturated carbocycles. The van der Waals surface area contributed by atoms with Crippen LogP contribution in [0.25, 0.3) is 0 Å². The van der Waals surface area contributed by atoms with Crippen LogP contribution in [0.5, 0.6) is 0 Å². The molecule has 2 aromatic rings. The maximum absolute atomic E-state index is 12.4.